The Hall–Kier alpha value is -2.47. The lowest BCUT2D eigenvalue weighted by atomic mass is 10.0. The number of aliphatic hydroxyl groups excluding tert-OH is 1. The van der Waals surface area contributed by atoms with Crippen LogP contribution >= 0.6 is 0 Å². The third kappa shape index (κ3) is 4.08. The van der Waals surface area contributed by atoms with E-state index in [9.17, 15) is 9.90 Å². The fourth-order valence-electron chi connectivity index (χ4n) is 2.84. The zero-order chi connectivity index (χ0) is 16.8. The Bertz CT molecular complexity index is 640. The molecule has 0 radical (unpaired) electrons. The van der Waals surface area contributed by atoms with Gasteiger partial charge in [-0.2, -0.15) is 0 Å². The van der Waals surface area contributed by atoms with Gasteiger partial charge in [0.05, 0.1) is 18.9 Å². The van der Waals surface area contributed by atoms with Crippen LogP contribution in [0.2, 0.25) is 0 Å². The predicted octanol–water partition coefficient (Wildman–Crippen LogP) is 3.24. The van der Waals surface area contributed by atoms with E-state index in [2.05, 4.69) is 5.32 Å². The summed E-state index contributed by atoms with van der Waals surface area (Å²) in [5, 5.41) is 12.3. The molecule has 24 heavy (non-hydrogen) atoms. The minimum atomic E-state index is -0.169. The number of amides is 2. The Morgan fingerprint density at radius 3 is 2.83 bits per heavy atom. The number of carbonyl (C=O) groups excluding carboxylic acids is 1. The highest BCUT2D eigenvalue weighted by Crippen LogP contribution is 2.20. The number of ether oxygens (including phenoxy) is 1. The first-order valence-corrected chi connectivity index (χ1v) is 8.20. The van der Waals surface area contributed by atoms with Gasteiger partial charge in [0, 0.05) is 12.2 Å². The molecular weight excluding hydrogens is 308 g/mol. The van der Waals surface area contributed by atoms with Gasteiger partial charge >= 0.3 is 6.03 Å². The zero-order valence-corrected chi connectivity index (χ0v) is 13.5. The number of likely N-dealkylation sites (tertiary alicyclic amines) is 1. The molecule has 0 spiro atoms. The van der Waals surface area contributed by atoms with Crippen LogP contribution in [0, 0.1) is 0 Å². The largest absolute Gasteiger partial charge is 0.486 e. The van der Waals surface area contributed by atoms with Crippen LogP contribution in [0.4, 0.5) is 10.5 Å². The molecule has 2 aromatic rings. The van der Waals surface area contributed by atoms with Crippen LogP contribution in [0.15, 0.2) is 47.1 Å². The number of carbonyl (C=O) groups is 1. The van der Waals surface area contributed by atoms with Gasteiger partial charge in [0.15, 0.2) is 0 Å². The average molecular weight is 330 g/mol. The molecule has 1 atom stereocenters. The van der Waals surface area contributed by atoms with E-state index >= 15 is 0 Å². The van der Waals surface area contributed by atoms with Crippen LogP contribution in [-0.2, 0) is 6.61 Å². The highest BCUT2D eigenvalue weighted by molar-refractivity contribution is 5.89. The molecule has 1 aromatic heterocycles. The SMILES string of the molecule is O=C(Nc1ccc(OCc2ccco2)cc1)N1CCCCC1CO. The summed E-state index contributed by atoms with van der Waals surface area (Å²) in [7, 11) is 0. The van der Waals surface area contributed by atoms with Gasteiger partial charge < -0.3 is 24.5 Å². The van der Waals surface area contributed by atoms with Crippen molar-refractivity contribution in [3.05, 3.63) is 48.4 Å². The number of nitrogens with zero attached hydrogens (tertiary/aromatic N) is 1. The minimum Gasteiger partial charge on any atom is -0.486 e. The lowest BCUT2D eigenvalue weighted by molar-refractivity contribution is 0.115. The molecule has 2 N–H and O–H groups in total. The number of furan rings is 1. The second kappa shape index (κ2) is 7.88. The summed E-state index contributed by atoms with van der Waals surface area (Å²) in [6.45, 7) is 1.05. The van der Waals surface area contributed by atoms with Crippen molar-refractivity contribution in [2.75, 3.05) is 18.5 Å². The number of piperidine rings is 1. The van der Waals surface area contributed by atoms with Crippen molar-refractivity contribution in [2.24, 2.45) is 0 Å². The van der Waals surface area contributed by atoms with Crippen molar-refractivity contribution in [1.29, 1.82) is 0 Å². The zero-order valence-electron chi connectivity index (χ0n) is 13.5. The Balaban J connectivity index is 1.54. The monoisotopic (exact) mass is 330 g/mol. The highest BCUT2D eigenvalue weighted by atomic mass is 16.5. The topological polar surface area (TPSA) is 74.9 Å². The molecule has 0 bridgehead atoms. The van der Waals surface area contributed by atoms with Gasteiger partial charge in [0.2, 0.25) is 0 Å². The molecule has 2 heterocycles. The van der Waals surface area contributed by atoms with Crippen LogP contribution < -0.4 is 10.1 Å². The molecule has 0 saturated carbocycles. The lowest BCUT2D eigenvalue weighted by Crippen LogP contribution is -2.47. The molecule has 6 nitrogen and oxygen atoms in total. The van der Waals surface area contributed by atoms with Crippen molar-refractivity contribution >= 4 is 11.7 Å². The first-order valence-electron chi connectivity index (χ1n) is 8.20. The van der Waals surface area contributed by atoms with E-state index in [4.69, 9.17) is 9.15 Å². The number of anilines is 1. The van der Waals surface area contributed by atoms with E-state index in [1.54, 1.807) is 35.4 Å². The standard InChI is InChI=1S/C18H22N2O4/c21-12-15-4-1-2-10-20(15)18(22)19-14-6-8-16(9-7-14)24-13-17-5-3-11-23-17/h3,5-9,11,15,21H,1-2,4,10,12-13H2,(H,19,22). The molecule has 1 aliphatic rings. The number of benzene rings is 1. The molecule has 1 fully saturated rings. The van der Waals surface area contributed by atoms with Crippen molar-refractivity contribution in [1.82, 2.24) is 4.90 Å². The van der Waals surface area contributed by atoms with E-state index < -0.39 is 0 Å². The number of hydrogen-bond donors (Lipinski definition) is 2. The third-order valence-electron chi connectivity index (χ3n) is 4.17. The van der Waals surface area contributed by atoms with E-state index in [1.807, 2.05) is 12.1 Å². The van der Waals surface area contributed by atoms with Crippen molar-refractivity contribution < 1.29 is 19.1 Å². The summed E-state index contributed by atoms with van der Waals surface area (Å²) in [6.07, 6.45) is 4.49. The van der Waals surface area contributed by atoms with Crippen LogP contribution in [0.1, 0.15) is 25.0 Å². The summed E-state index contributed by atoms with van der Waals surface area (Å²) in [5.74, 6) is 1.46. The van der Waals surface area contributed by atoms with Gasteiger partial charge in [-0.15, -0.1) is 0 Å². The number of urea groups is 1. The maximum Gasteiger partial charge on any atom is 0.322 e. The summed E-state index contributed by atoms with van der Waals surface area (Å²) < 4.78 is 10.8. The van der Waals surface area contributed by atoms with Crippen molar-refractivity contribution in [3.8, 4) is 5.75 Å². The molecule has 1 aromatic carbocycles. The highest BCUT2D eigenvalue weighted by Gasteiger charge is 2.25. The van der Waals surface area contributed by atoms with Crippen molar-refractivity contribution in [3.63, 3.8) is 0 Å². The van der Waals surface area contributed by atoms with Gasteiger partial charge in [-0.05, 0) is 55.7 Å². The maximum atomic E-state index is 12.4. The van der Waals surface area contributed by atoms with Gasteiger partial charge in [-0.25, -0.2) is 4.79 Å². The van der Waals surface area contributed by atoms with Gasteiger partial charge in [-0.1, -0.05) is 0 Å². The second-order valence-electron chi connectivity index (χ2n) is 5.85. The fraction of sp³-hybridized carbons (Fsp3) is 0.389. The normalized spacial score (nSPS) is 17.5. The first-order chi connectivity index (χ1) is 11.8. The van der Waals surface area contributed by atoms with E-state index in [0.29, 0.717) is 24.6 Å². The van der Waals surface area contributed by atoms with Crippen LogP contribution in [0.25, 0.3) is 0 Å². The van der Waals surface area contributed by atoms with E-state index in [1.165, 1.54) is 0 Å². The minimum absolute atomic E-state index is 0.00692. The van der Waals surface area contributed by atoms with Gasteiger partial charge in [0.1, 0.15) is 18.1 Å². The number of hydrogen-bond acceptors (Lipinski definition) is 4. The Morgan fingerprint density at radius 2 is 2.12 bits per heavy atom. The van der Waals surface area contributed by atoms with E-state index in [-0.39, 0.29) is 18.7 Å². The predicted molar refractivity (Wildman–Crippen MR) is 89.9 cm³/mol. The summed E-state index contributed by atoms with van der Waals surface area (Å²) in [4.78, 5) is 14.1. The number of rotatable bonds is 5. The average Bonchev–Trinajstić information content (AvgIpc) is 3.14. The molecule has 1 unspecified atom stereocenters. The Labute approximate surface area is 141 Å². The lowest BCUT2D eigenvalue weighted by Gasteiger charge is -2.34. The molecule has 1 saturated heterocycles. The van der Waals surface area contributed by atoms with Crippen molar-refractivity contribution in [2.45, 2.75) is 31.9 Å². The van der Waals surface area contributed by atoms with Crippen LogP contribution in [0.5, 0.6) is 5.75 Å². The molecule has 3 rings (SSSR count). The third-order valence-corrected chi connectivity index (χ3v) is 4.17. The molecule has 128 valence electrons. The van der Waals surface area contributed by atoms with Gasteiger partial charge in [0.25, 0.3) is 0 Å². The molecule has 0 aliphatic carbocycles. The fourth-order valence-corrected chi connectivity index (χ4v) is 2.84. The Morgan fingerprint density at radius 1 is 1.29 bits per heavy atom. The number of aliphatic hydroxyl groups is 1. The summed E-state index contributed by atoms with van der Waals surface area (Å²) in [6, 6.07) is 10.6. The van der Waals surface area contributed by atoms with Gasteiger partial charge in [-0.3, -0.25) is 0 Å². The molecule has 6 heteroatoms. The quantitative estimate of drug-likeness (QED) is 0.882. The molecular formula is C18H22N2O4. The molecule has 1 aliphatic heterocycles. The van der Waals surface area contributed by atoms with Crippen LogP contribution in [0.3, 0.4) is 0 Å². The van der Waals surface area contributed by atoms with E-state index in [0.717, 1.165) is 25.0 Å². The van der Waals surface area contributed by atoms with Crippen LogP contribution in [-0.4, -0.2) is 35.2 Å². The summed E-state index contributed by atoms with van der Waals surface area (Å²) >= 11 is 0. The molecule has 2 amide bonds. The summed E-state index contributed by atoms with van der Waals surface area (Å²) in [5.41, 5.74) is 0.701. The second-order valence-corrected chi connectivity index (χ2v) is 5.85. The number of nitrogens with one attached hydrogen (secondary N) is 1. The smallest absolute Gasteiger partial charge is 0.322 e. The maximum absolute atomic E-state index is 12.4. The Kier molecular flexibility index (Phi) is 5.38. The first kappa shape index (κ1) is 16.4.